The number of amides is 1. The van der Waals surface area contributed by atoms with Gasteiger partial charge in [0.05, 0.1) is 10.0 Å². The van der Waals surface area contributed by atoms with E-state index in [0.717, 1.165) is 28.3 Å². The Bertz CT molecular complexity index is 959. The van der Waals surface area contributed by atoms with E-state index in [-0.39, 0.29) is 5.91 Å². The van der Waals surface area contributed by atoms with Crippen molar-refractivity contribution in [3.05, 3.63) is 87.9 Å². The quantitative estimate of drug-likeness (QED) is 0.487. The Kier molecular flexibility index (Phi) is 6.80. The standard InChI is InChI=1S/C22H20Cl2N2O2/c1-15(27)26-19-8-6-18(7-9-19)25-13-16-3-2-4-20(11-16)28-14-17-5-10-21(23)22(24)12-17/h2-12,25H,13-14H2,1H3,(H,26,27). The SMILES string of the molecule is CC(=O)Nc1ccc(NCc2cccc(OCc3ccc(Cl)c(Cl)c3)c2)cc1. The van der Waals surface area contributed by atoms with E-state index < -0.39 is 0 Å². The second kappa shape index (κ2) is 9.49. The van der Waals surface area contributed by atoms with E-state index in [1.54, 1.807) is 12.1 Å². The smallest absolute Gasteiger partial charge is 0.221 e. The van der Waals surface area contributed by atoms with Gasteiger partial charge >= 0.3 is 0 Å². The van der Waals surface area contributed by atoms with Crippen molar-refractivity contribution in [1.82, 2.24) is 0 Å². The average molecular weight is 415 g/mol. The first-order chi connectivity index (χ1) is 13.5. The second-order valence-corrected chi connectivity index (χ2v) is 7.11. The van der Waals surface area contributed by atoms with Gasteiger partial charge in [-0.25, -0.2) is 0 Å². The van der Waals surface area contributed by atoms with Gasteiger partial charge < -0.3 is 15.4 Å². The zero-order valence-corrected chi connectivity index (χ0v) is 16.8. The summed E-state index contributed by atoms with van der Waals surface area (Å²) in [6.45, 7) is 2.56. The molecule has 0 heterocycles. The number of carbonyl (C=O) groups is 1. The van der Waals surface area contributed by atoms with E-state index in [2.05, 4.69) is 10.6 Å². The maximum absolute atomic E-state index is 11.1. The summed E-state index contributed by atoms with van der Waals surface area (Å²) in [7, 11) is 0. The van der Waals surface area contributed by atoms with Crippen molar-refractivity contribution < 1.29 is 9.53 Å². The van der Waals surface area contributed by atoms with Gasteiger partial charge in [0.1, 0.15) is 12.4 Å². The number of anilines is 2. The molecule has 0 spiro atoms. The second-order valence-electron chi connectivity index (χ2n) is 6.30. The van der Waals surface area contributed by atoms with Crippen LogP contribution in [0.3, 0.4) is 0 Å². The number of halogens is 2. The monoisotopic (exact) mass is 414 g/mol. The maximum atomic E-state index is 11.1. The van der Waals surface area contributed by atoms with Crippen molar-refractivity contribution in [3.63, 3.8) is 0 Å². The van der Waals surface area contributed by atoms with Gasteiger partial charge in [-0.2, -0.15) is 0 Å². The van der Waals surface area contributed by atoms with E-state index in [1.165, 1.54) is 6.92 Å². The Morgan fingerprint density at radius 1 is 0.893 bits per heavy atom. The predicted molar refractivity (Wildman–Crippen MR) is 115 cm³/mol. The van der Waals surface area contributed by atoms with Gasteiger partial charge in [-0.05, 0) is 59.7 Å². The molecule has 2 N–H and O–H groups in total. The lowest BCUT2D eigenvalue weighted by atomic mass is 10.2. The fraction of sp³-hybridized carbons (Fsp3) is 0.136. The molecule has 6 heteroatoms. The molecule has 1 amide bonds. The lowest BCUT2D eigenvalue weighted by Gasteiger charge is -2.11. The van der Waals surface area contributed by atoms with Crippen molar-refractivity contribution >= 4 is 40.5 Å². The van der Waals surface area contributed by atoms with Crippen LogP contribution in [0.25, 0.3) is 0 Å². The van der Waals surface area contributed by atoms with Gasteiger partial charge in [-0.1, -0.05) is 41.4 Å². The number of carbonyl (C=O) groups excluding carboxylic acids is 1. The highest BCUT2D eigenvalue weighted by molar-refractivity contribution is 6.42. The van der Waals surface area contributed by atoms with Crippen LogP contribution in [0, 0.1) is 0 Å². The summed E-state index contributed by atoms with van der Waals surface area (Å²) >= 11 is 12.0. The highest BCUT2D eigenvalue weighted by Gasteiger charge is 2.02. The Morgan fingerprint density at radius 3 is 2.36 bits per heavy atom. The third kappa shape index (κ3) is 5.91. The summed E-state index contributed by atoms with van der Waals surface area (Å²) in [4.78, 5) is 11.1. The zero-order valence-electron chi connectivity index (χ0n) is 15.3. The Hall–Kier alpha value is -2.69. The Balaban J connectivity index is 1.55. The summed E-state index contributed by atoms with van der Waals surface area (Å²) < 4.78 is 5.86. The van der Waals surface area contributed by atoms with Crippen LogP contribution in [-0.4, -0.2) is 5.91 Å². The molecule has 3 aromatic carbocycles. The third-order valence-corrected chi connectivity index (χ3v) is 4.73. The molecule has 0 aromatic heterocycles. The average Bonchev–Trinajstić information content (AvgIpc) is 2.68. The molecule has 3 aromatic rings. The van der Waals surface area contributed by atoms with E-state index in [4.69, 9.17) is 27.9 Å². The molecule has 4 nitrogen and oxygen atoms in total. The lowest BCUT2D eigenvalue weighted by Crippen LogP contribution is -2.05. The summed E-state index contributed by atoms with van der Waals surface area (Å²) in [5, 5.41) is 7.15. The van der Waals surface area contributed by atoms with E-state index >= 15 is 0 Å². The fourth-order valence-corrected chi connectivity index (χ4v) is 2.94. The van der Waals surface area contributed by atoms with Crippen molar-refractivity contribution in [2.45, 2.75) is 20.1 Å². The van der Waals surface area contributed by atoms with Crippen molar-refractivity contribution in [2.75, 3.05) is 10.6 Å². The number of hydrogen-bond acceptors (Lipinski definition) is 3. The van der Waals surface area contributed by atoms with Crippen LogP contribution in [0.5, 0.6) is 5.75 Å². The topological polar surface area (TPSA) is 50.4 Å². The molecular weight excluding hydrogens is 395 g/mol. The van der Waals surface area contributed by atoms with Gasteiger partial charge in [0.2, 0.25) is 5.91 Å². The molecule has 28 heavy (non-hydrogen) atoms. The Morgan fingerprint density at radius 2 is 1.64 bits per heavy atom. The largest absolute Gasteiger partial charge is 0.489 e. The summed E-state index contributed by atoms with van der Waals surface area (Å²) in [6.07, 6.45) is 0. The van der Waals surface area contributed by atoms with E-state index in [1.807, 2.05) is 54.6 Å². The van der Waals surface area contributed by atoms with E-state index in [0.29, 0.717) is 23.2 Å². The third-order valence-electron chi connectivity index (χ3n) is 3.99. The minimum atomic E-state index is -0.0848. The van der Waals surface area contributed by atoms with Crippen LogP contribution < -0.4 is 15.4 Å². The molecule has 144 valence electrons. The molecule has 0 aliphatic rings. The molecule has 0 radical (unpaired) electrons. The predicted octanol–water partition coefficient (Wildman–Crippen LogP) is 6.14. The minimum Gasteiger partial charge on any atom is -0.489 e. The number of ether oxygens (including phenoxy) is 1. The van der Waals surface area contributed by atoms with Gasteiger partial charge in [-0.3, -0.25) is 4.79 Å². The highest BCUT2D eigenvalue weighted by atomic mass is 35.5. The van der Waals surface area contributed by atoms with Crippen LogP contribution in [-0.2, 0) is 17.9 Å². The summed E-state index contributed by atoms with van der Waals surface area (Å²) in [5.74, 6) is 0.699. The van der Waals surface area contributed by atoms with Crippen molar-refractivity contribution in [3.8, 4) is 5.75 Å². The molecule has 0 aliphatic carbocycles. The first-order valence-electron chi connectivity index (χ1n) is 8.77. The zero-order chi connectivity index (χ0) is 19.9. The molecular formula is C22H20Cl2N2O2. The lowest BCUT2D eigenvalue weighted by molar-refractivity contribution is -0.114. The van der Waals surface area contributed by atoms with E-state index in [9.17, 15) is 4.79 Å². The number of rotatable bonds is 7. The van der Waals surface area contributed by atoms with Crippen molar-refractivity contribution in [1.29, 1.82) is 0 Å². The highest BCUT2D eigenvalue weighted by Crippen LogP contribution is 2.24. The van der Waals surface area contributed by atoms with Crippen molar-refractivity contribution in [2.24, 2.45) is 0 Å². The van der Waals surface area contributed by atoms with Crippen LogP contribution in [0.4, 0.5) is 11.4 Å². The Labute approximate surface area is 174 Å². The number of hydrogen-bond donors (Lipinski definition) is 2. The van der Waals surface area contributed by atoms with Gasteiger partial charge in [0.15, 0.2) is 0 Å². The number of benzene rings is 3. The van der Waals surface area contributed by atoms with Crippen LogP contribution >= 0.6 is 23.2 Å². The molecule has 0 saturated carbocycles. The first-order valence-corrected chi connectivity index (χ1v) is 9.52. The first kappa shape index (κ1) is 20.1. The van der Waals surface area contributed by atoms with Crippen LogP contribution in [0.15, 0.2) is 66.7 Å². The summed E-state index contributed by atoms with van der Waals surface area (Å²) in [6, 6.07) is 20.9. The minimum absolute atomic E-state index is 0.0848. The molecule has 0 fully saturated rings. The molecule has 3 rings (SSSR count). The molecule has 0 atom stereocenters. The van der Waals surface area contributed by atoms with Gasteiger partial charge in [0, 0.05) is 24.8 Å². The fourth-order valence-electron chi connectivity index (χ4n) is 2.62. The molecule has 0 aliphatic heterocycles. The number of nitrogens with one attached hydrogen (secondary N) is 2. The van der Waals surface area contributed by atoms with Gasteiger partial charge in [-0.15, -0.1) is 0 Å². The molecule has 0 bridgehead atoms. The normalized spacial score (nSPS) is 10.4. The summed E-state index contributed by atoms with van der Waals surface area (Å²) in [5.41, 5.74) is 3.79. The molecule has 0 unspecified atom stereocenters. The van der Waals surface area contributed by atoms with Crippen LogP contribution in [0.2, 0.25) is 10.0 Å². The molecule has 0 saturated heterocycles. The van der Waals surface area contributed by atoms with Crippen LogP contribution in [0.1, 0.15) is 18.1 Å². The maximum Gasteiger partial charge on any atom is 0.221 e. The van der Waals surface area contributed by atoms with Gasteiger partial charge in [0.25, 0.3) is 0 Å².